The number of methoxy groups -OCH3 is 2. The van der Waals surface area contributed by atoms with Crippen LogP contribution < -0.4 is 9.47 Å². The second-order valence-electron chi connectivity index (χ2n) is 4.11. The van der Waals surface area contributed by atoms with Crippen molar-refractivity contribution in [2.45, 2.75) is 6.18 Å². The Labute approximate surface area is 114 Å². The molecule has 0 radical (unpaired) electrons. The Balaban J connectivity index is 2.63. The average Bonchev–Trinajstić information content (AvgIpc) is 2.45. The molecule has 0 saturated heterocycles. The molecule has 0 aliphatic heterocycles. The predicted octanol–water partition coefficient (Wildman–Crippen LogP) is 4.39. The summed E-state index contributed by atoms with van der Waals surface area (Å²) in [6.45, 7) is 0. The quantitative estimate of drug-likeness (QED) is 0.831. The molecule has 20 heavy (non-hydrogen) atoms. The molecule has 0 N–H and O–H groups in total. The zero-order valence-corrected chi connectivity index (χ0v) is 11.0. The maximum Gasteiger partial charge on any atom is 0.417 e. The van der Waals surface area contributed by atoms with E-state index >= 15 is 0 Å². The molecule has 2 nitrogen and oxygen atoms in total. The molecule has 2 aromatic carbocycles. The number of halogens is 3. The molecule has 0 atom stereocenters. The third kappa shape index (κ3) is 2.71. The summed E-state index contributed by atoms with van der Waals surface area (Å²) in [5.41, 5.74) is -0.232. The second kappa shape index (κ2) is 5.45. The number of ether oxygens (including phenoxy) is 2. The van der Waals surface area contributed by atoms with Crippen LogP contribution in [0.5, 0.6) is 11.5 Å². The number of alkyl halides is 3. The van der Waals surface area contributed by atoms with Crippen LogP contribution in [0, 0.1) is 0 Å². The molecule has 2 aromatic rings. The van der Waals surface area contributed by atoms with Gasteiger partial charge in [0.2, 0.25) is 0 Å². The Morgan fingerprint density at radius 2 is 1.55 bits per heavy atom. The maximum atomic E-state index is 13.0. The average molecular weight is 282 g/mol. The first-order chi connectivity index (χ1) is 9.47. The van der Waals surface area contributed by atoms with Gasteiger partial charge in [-0.2, -0.15) is 13.2 Å². The summed E-state index contributed by atoms with van der Waals surface area (Å²) in [5.74, 6) is 0.858. The highest BCUT2D eigenvalue weighted by atomic mass is 19.4. The minimum Gasteiger partial charge on any atom is -0.497 e. The van der Waals surface area contributed by atoms with E-state index in [0.717, 1.165) is 6.07 Å². The van der Waals surface area contributed by atoms with Crippen molar-refractivity contribution >= 4 is 0 Å². The van der Waals surface area contributed by atoms with Gasteiger partial charge in [0.25, 0.3) is 0 Å². The Kier molecular flexibility index (Phi) is 3.88. The monoisotopic (exact) mass is 282 g/mol. The van der Waals surface area contributed by atoms with Crippen molar-refractivity contribution in [1.82, 2.24) is 0 Å². The van der Waals surface area contributed by atoms with Gasteiger partial charge in [-0.15, -0.1) is 0 Å². The van der Waals surface area contributed by atoms with E-state index in [-0.39, 0.29) is 5.56 Å². The largest absolute Gasteiger partial charge is 0.497 e. The van der Waals surface area contributed by atoms with Crippen molar-refractivity contribution in [2.75, 3.05) is 14.2 Å². The highest BCUT2D eigenvalue weighted by Crippen LogP contribution is 2.41. The van der Waals surface area contributed by atoms with Gasteiger partial charge in [0.1, 0.15) is 11.5 Å². The summed E-state index contributed by atoms with van der Waals surface area (Å²) < 4.78 is 49.4. The van der Waals surface area contributed by atoms with E-state index in [9.17, 15) is 13.2 Å². The first-order valence-corrected chi connectivity index (χ1v) is 5.86. The van der Waals surface area contributed by atoms with E-state index in [0.29, 0.717) is 17.1 Å². The normalized spacial score (nSPS) is 11.2. The third-order valence-electron chi connectivity index (χ3n) is 2.93. The molecule has 0 amide bonds. The zero-order valence-electron chi connectivity index (χ0n) is 11.0. The van der Waals surface area contributed by atoms with Crippen LogP contribution in [-0.4, -0.2) is 14.2 Å². The van der Waals surface area contributed by atoms with E-state index < -0.39 is 11.7 Å². The van der Waals surface area contributed by atoms with Crippen molar-refractivity contribution in [3.63, 3.8) is 0 Å². The van der Waals surface area contributed by atoms with Gasteiger partial charge in [0.05, 0.1) is 19.8 Å². The van der Waals surface area contributed by atoms with E-state index in [4.69, 9.17) is 9.47 Å². The van der Waals surface area contributed by atoms with Crippen molar-refractivity contribution in [2.24, 2.45) is 0 Å². The van der Waals surface area contributed by atoms with Gasteiger partial charge in [-0.1, -0.05) is 18.2 Å². The van der Waals surface area contributed by atoms with E-state index in [1.165, 1.54) is 26.4 Å². The summed E-state index contributed by atoms with van der Waals surface area (Å²) in [6.07, 6.45) is -4.42. The second-order valence-corrected chi connectivity index (χ2v) is 4.11. The third-order valence-corrected chi connectivity index (χ3v) is 2.93. The molecule has 0 aliphatic carbocycles. The standard InChI is InChI=1S/C15H13F3O2/c1-19-10-7-8-12(14(9-10)20-2)11-5-3-4-6-13(11)15(16,17)18/h3-9H,1-2H3. The highest BCUT2D eigenvalue weighted by Gasteiger charge is 2.33. The van der Waals surface area contributed by atoms with Crippen LogP contribution in [-0.2, 0) is 6.18 Å². The van der Waals surface area contributed by atoms with Crippen molar-refractivity contribution in [1.29, 1.82) is 0 Å². The Morgan fingerprint density at radius 1 is 0.850 bits per heavy atom. The lowest BCUT2D eigenvalue weighted by Gasteiger charge is -2.15. The fraction of sp³-hybridized carbons (Fsp3) is 0.200. The molecule has 0 unspecified atom stereocenters. The molecule has 0 heterocycles. The van der Waals surface area contributed by atoms with Crippen LogP contribution in [0.15, 0.2) is 42.5 Å². The zero-order chi connectivity index (χ0) is 14.8. The molecule has 0 spiro atoms. The number of hydrogen-bond acceptors (Lipinski definition) is 2. The fourth-order valence-corrected chi connectivity index (χ4v) is 1.99. The van der Waals surface area contributed by atoms with Gasteiger partial charge < -0.3 is 9.47 Å². The minimum atomic E-state index is -4.42. The molecule has 0 aromatic heterocycles. The number of benzene rings is 2. The lowest BCUT2D eigenvalue weighted by atomic mass is 9.98. The lowest BCUT2D eigenvalue weighted by Crippen LogP contribution is -2.07. The van der Waals surface area contributed by atoms with Gasteiger partial charge in [-0.05, 0) is 23.8 Å². The van der Waals surface area contributed by atoms with E-state index in [2.05, 4.69) is 0 Å². The lowest BCUT2D eigenvalue weighted by molar-refractivity contribution is -0.137. The van der Waals surface area contributed by atoms with Crippen LogP contribution in [0.4, 0.5) is 13.2 Å². The van der Waals surface area contributed by atoms with Crippen LogP contribution in [0.1, 0.15) is 5.56 Å². The van der Waals surface area contributed by atoms with Crippen LogP contribution in [0.25, 0.3) is 11.1 Å². The predicted molar refractivity (Wildman–Crippen MR) is 70.0 cm³/mol. The van der Waals surface area contributed by atoms with E-state index in [1.54, 1.807) is 24.3 Å². The molecular formula is C15H13F3O2. The van der Waals surface area contributed by atoms with Crippen molar-refractivity contribution in [3.8, 4) is 22.6 Å². The molecule has 5 heteroatoms. The highest BCUT2D eigenvalue weighted by molar-refractivity contribution is 5.74. The topological polar surface area (TPSA) is 18.5 Å². The van der Waals surface area contributed by atoms with Gasteiger partial charge in [0, 0.05) is 11.6 Å². The Hall–Kier alpha value is -2.17. The van der Waals surface area contributed by atoms with Crippen molar-refractivity contribution < 1.29 is 22.6 Å². The van der Waals surface area contributed by atoms with Gasteiger partial charge in [0.15, 0.2) is 0 Å². The van der Waals surface area contributed by atoms with Crippen LogP contribution in [0.3, 0.4) is 0 Å². The maximum absolute atomic E-state index is 13.0. The molecule has 0 saturated carbocycles. The fourth-order valence-electron chi connectivity index (χ4n) is 1.99. The Morgan fingerprint density at radius 3 is 2.15 bits per heavy atom. The van der Waals surface area contributed by atoms with Crippen molar-refractivity contribution in [3.05, 3.63) is 48.0 Å². The van der Waals surface area contributed by atoms with Gasteiger partial charge in [-0.3, -0.25) is 0 Å². The molecular weight excluding hydrogens is 269 g/mol. The molecule has 0 aliphatic rings. The summed E-state index contributed by atoms with van der Waals surface area (Å²) in [6, 6.07) is 10.1. The minimum absolute atomic E-state index is 0.0829. The number of hydrogen-bond donors (Lipinski definition) is 0. The van der Waals surface area contributed by atoms with E-state index in [1.807, 2.05) is 0 Å². The SMILES string of the molecule is COc1ccc(-c2ccccc2C(F)(F)F)c(OC)c1. The Bertz CT molecular complexity index is 606. The first-order valence-electron chi connectivity index (χ1n) is 5.86. The summed E-state index contributed by atoms with van der Waals surface area (Å²) in [5, 5.41) is 0. The summed E-state index contributed by atoms with van der Waals surface area (Å²) in [7, 11) is 2.90. The molecule has 0 bridgehead atoms. The van der Waals surface area contributed by atoms with Gasteiger partial charge in [-0.25, -0.2) is 0 Å². The molecule has 2 rings (SSSR count). The summed E-state index contributed by atoms with van der Waals surface area (Å²) in [4.78, 5) is 0. The van der Waals surface area contributed by atoms with Crippen LogP contribution in [0.2, 0.25) is 0 Å². The molecule has 106 valence electrons. The first kappa shape index (κ1) is 14.2. The number of rotatable bonds is 3. The van der Waals surface area contributed by atoms with Gasteiger partial charge >= 0.3 is 6.18 Å². The smallest absolute Gasteiger partial charge is 0.417 e. The summed E-state index contributed by atoms with van der Waals surface area (Å²) >= 11 is 0. The van der Waals surface area contributed by atoms with Crippen LogP contribution >= 0.6 is 0 Å². The molecule has 0 fully saturated rings.